The number of hydrogen-bond donors (Lipinski definition) is 1. The van der Waals surface area contributed by atoms with Crippen molar-refractivity contribution in [2.24, 2.45) is 0 Å². The number of aryl methyl sites for hydroxylation is 1. The van der Waals surface area contributed by atoms with Crippen LogP contribution in [0.5, 0.6) is 0 Å². The molecular weight excluding hydrogens is 216 g/mol. The van der Waals surface area contributed by atoms with Crippen LogP contribution in [-0.2, 0) is 5.41 Å². The molecule has 2 atom stereocenters. The highest BCUT2D eigenvalue weighted by atomic mass is 16.3. The smallest absolute Gasteiger partial charge is 0.195 e. The molecule has 0 bridgehead atoms. The predicted octanol–water partition coefficient (Wildman–Crippen LogP) is 2.31. The highest BCUT2D eigenvalue weighted by Gasteiger charge is 2.39. The molecule has 0 amide bonds. The van der Waals surface area contributed by atoms with Crippen LogP contribution in [0.4, 0.5) is 0 Å². The Balaban J connectivity index is 2.80. The van der Waals surface area contributed by atoms with Crippen LogP contribution in [-0.4, -0.2) is 11.2 Å². The Morgan fingerprint density at radius 1 is 1.47 bits per heavy atom. The summed E-state index contributed by atoms with van der Waals surface area (Å²) < 4.78 is 5.78. The van der Waals surface area contributed by atoms with E-state index in [0.717, 1.165) is 6.42 Å². The molecule has 1 aromatic rings. The molecular formula is C14H18O3. The Hall–Kier alpha value is -1.35. The van der Waals surface area contributed by atoms with E-state index in [1.165, 1.54) is 0 Å². The Morgan fingerprint density at radius 3 is 2.71 bits per heavy atom. The fourth-order valence-corrected chi connectivity index (χ4v) is 2.23. The van der Waals surface area contributed by atoms with Crippen LogP contribution in [0.1, 0.15) is 42.9 Å². The fourth-order valence-electron chi connectivity index (χ4n) is 2.23. The van der Waals surface area contributed by atoms with E-state index in [0.29, 0.717) is 22.6 Å². The number of rotatable bonds is 1. The lowest BCUT2D eigenvalue weighted by Gasteiger charge is -2.34. The molecule has 0 unspecified atom stereocenters. The second-order valence-electron chi connectivity index (χ2n) is 4.93. The SMILES string of the molecule is CC[C@]1(C)c2oc(C)c(C)c(=O)c2C=C[C@H]1O. The largest absolute Gasteiger partial charge is 0.464 e. The Bertz CT molecular complexity index is 539. The van der Waals surface area contributed by atoms with Crippen molar-refractivity contribution in [3.05, 3.63) is 38.9 Å². The molecule has 0 saturated heterocycles. The third-order valence-electron chi connectivity index (χ3n) is 3.96. The van der Waals surface area contributed by atoms with E-state index in [4.69, 9.17) is 4.42 Å². The second-order valence-corrected chi connectivity index (χ2v) is 4.93. The lowest BCUT2D eigenvalue weighted by Crippen LogP contribution is -2.39. The van der Waals surface area contributed by atoms with Gasteiger partial charge in [0.25, 0.3) is 0 Å². The predicted molar refractivity (Wildman–Crippen MR) is 67.1 cm³/mol. The third kappa shape index (κ3) is 1.57. The average Bonchev–Trinajstić information content (AvgIpc) is 2.32. The Kier molecular flexibility index (Phi) is 2.74. The summed E-state index contributed by atoms with van der Waals surface area (Å²) in [5.74, 6) is 1.25. The molecule has 0 aromatic carbocycles. The molecule has 2 rings (SSSR count). The third-order valence-corrected chi connectivity index (χ3v) is 3.96. The van der Waals surface area contributed by atoms with Gasteiger partial charge in [0, 0.05) is 5.56 Å². The summed E-state index contributed by atoms with van der Waals surface area (Å²) in [6, 6.07) is 0. The summed E-state index contributed by atoms with van der Waals surface area (Å²) in [5, 5.41) is 10.1. The van der Waals surface area contributed by atoms with E-state index in [2.05, 4.69) is 0 Å². The minimum absolute atomic E-state index is 0.00609. The molecule has 1 aliphatic rings. The lowest BCUT2D eigenvalue weighted by molar-refractivity contribution is 0.109. The summed E-state index contributed by atoms with van der Waals surface area (Å²) in [6.07, 6.45) is 3.47. The van der Waals surface area contributed by atoms with Gasteiger partial charge in [-0.3, -0.25) is 4.79 Å². The molecule has 0 spiro atoms. The first-order valence-electron chi connectivity index (χ1n) is 5.93. The molecule has 1 N–H and O–H groups in total. The van der Waals surface area contributed by atoms with Gasteiger partial charge in [0.15, 0.2) is 5.43 Å². The van der Waals surface area contributed by atoms with Gasteiger partial charge in [-0.25, -0.2) is 0 Å². The fraction of sp³-hybridized carbons (Fsp3) is 0.500. The quantitative estimate of drug-likeness (QED) is 0.811. The first-order valence-corrected chi connectivity index (χ1v) is 5.93. The average molecular weight is 234 g/mol. The Morgan fingerprint density at radius 2 is 2.12 bits per heavy atom. The second kappa shape index (κ2) is 3.84. The zero-order chi connectivity index (χ0) is 12.8. The van der Waals surface area contributed by atoms with Crippen molar-refractivity contribution in [3.63, 3.8) is 0 Å². The standard InChI is InChI=1S/C14H18O3/c1-5-14(4)11(15)7-6-10-12(16)8(2)9(3)17-13(10)14/h6-7,11,15H,5H2,1-4H3/t11-,14+/m1/s1. The molecule has 0 radical (unpaired) electrons. The molecule has 0 aliphatic heterocycles. The first kappa shape index (κ1) is 12.1. The number of aliphatic hydroxyl groups is 1. The van der Waals surface area contributed by atoms with Gasteiger partial charge in [-0.15, -0.1) is 0 Å². The Labute approximate surface area is 101 Å². The van der Waals surface area contributed by atoms with Crippen molar-refractivity contribution >= 4 is 6.08 Å². The number of fused-ring (bicyclic) bond motifs is 1. The monoisotopic (exact) mass is 234 g/mol. The van der Waals surface area contributed by atoms with E-state index in [1.54, 1.807) is 26.0 Å². The maximum absolute atomic E-state index is 12.2. The van der Waals surface area contributed by atoms with Crippen molar-refractivity contribution in [1.29, 1.82) is 0 Å². The van der Waals surface area contributed by atoms with Gasteiger partial charge in [-0.05, 0) is 33.3 Å². The van der Waals surface area contributed by atoms with Gasteiger partial charge >= 0.3 is 0 Å². The van der Waals surface area contributed by atoms with Crippen LogP contribution < -0.4 is 5.43 Å². The number of hydrogen-bond acceptors (Lipinski definition) is 3. The zero-order valence-corrected chi connectivity index (χ0v) is 10.7. The molecule has 1 aliphatic carbocycles. The minimum Gasteiger partial charge on any atom is -0.464 e. The van der Waals surface area contributed by atoms with Crippen molar-refractivity contribution in [3.8, 4) is 0 Å². The molecule has 1 aromatic heterocycles. The molecule has 0 fully saturated rings. The maximum Gasteiger partial charge on any atom is 0.195 e. The summed E-state index contributed by atoms with van der Waals surface area (Å²) in [5.41, 5.74) is 0.722. The van der Waals surface area contributed by atoms with Crippen molar-refractivity contribution in [2.75, 3.05) is 0 Å². The summed E-state index contributed by atoms with van der Waals surface area (Å²) in [7, 11) is 0. The van der Waals surface area contributed by atoms with Crippen LogP contribution in [0.25, 0.3) is 6.08 Å². The molecule has 92 valence electrons. The normalized spacial score (nSPS) is 27.0. The first-order chi connectivity index (χ1) is 7.91. The topological polar surface area (TPSA) is 50.4 Å². The van der Waals surface area contributed by atoms with E-state index in [1.807, 2.05) is 13.8 Å². The zero-order valence-electron chi connectivity index (χ0n) is 10.7. The van der Waals surface area contributed by atoms with E-state index < -0.39 is 11.5 Å². The highest BCUT2D eigenvalue weighted by Crippen LogP contribution is 2.37. The van der Waals surface area contributed by atoms with Crippen molar-refractivity contribution in [1.82, 2.24) is 0 Å². The number of aliphatic hydroxyl groups excluding tert-OH is 1. The summed E-state index contributed by atoms with van der Waals surface area (Å²) in [6.45, 7) is 7.47. The molecule has 0 saturated carbocycles. The van der Waals surface area contributed by atoms with E-state index >= 15 is 0 Å². The van der Waals surface area contributed by atoms with E-state index in [9.17, 15) is 9.90 Å². The van der Waals surface area contributed by atoms with Crippen LogP contribution in [0.3, 0.4) is 0 Å². The van der Waals surface area contributed by atoms with Gasteiger partial charge in [0.05, 0.1) is 17.1 Å². The lowest BCUT2D eigenvalue weighted by atomic mass is 9.74. The van der Waals surface area contributed by atoms with Gasteiger partial charge in [0.2, 0.25) is 0 Å². The summed E-state index contributed by atoms with van der Waals surface area (Å²) >= 11 is 0. The van der Waals surface area contributed by atoms with Gasteiger partial charge < -0.3 is 9.52 Å². The van der Waals surface area contributed by atoms with Crippen LogP contribution in [0.15, 0.2) is 15.3 Å². The van der Waals surface area contributed by atoms with Crippen molar-refractivity contribution in [2.45, 2.75) is 45.6 Å². The molecule has 17 heavy (non-hydrogen) atoms. The molecule has 3 heteroatoms. The van der Waals surface area contributed by atoms with Crippen LogP contribution in [0.2, 0.25) is 0 Å². The maximum atomic E-state index is 12.2. The molecule has 3 nitrogen and oxygen atoms in total. The molecule has 1 heterocycles. The van der Waals surface area contributed by atoms with Crippen LogP contribution in [0, 0.1) is 13.8 Å². The summed E-state index contributed by atoms with van der Waals surface area (Å²) in [4.78, 5) is 12.2. The highest BCUT2D eigenvalue weighted by molar-refractivity contribution is 5.58. The van der Waals surface area contributed by atoms with Gasteiger partial charge in [-0.1, -0.05) is 13.0 Å². The minimum atomic E-state index is -0.606. The van der Waals surface area contributed by atoms with Crippen LogP contribution >= 0.6 is 0 Å². The van der Waals surface area contributed by atoms with Crippen molar-refractivity contribution < 1.29 is 9.52 Å². The van der Waals surface area contributed by atoms with E-state index in [-0.39, 0.29) is 5.43 Å². The van der Waals surface area contributed by atoms with Gasteiger partial charge in [-0.2, -0.15) is 0 Å². The van der Waals surface area contributed by atoms with Gasteiger partial charge in [0.1, 0.15) is 11.5 Å².